The normalized spacial score (nSPS) is 15.9. The Labute approximate surface area is 215 Å². The van der Waals surface area contributed by atoms with Gasteiger partial charge in [-0.25, -0.2) is 9.78 Å². The van der Waals surface area contributed by atoms with E-state index < -0.39 is 0 Å². The van der Waals surface area contributed by atoms with Crippen molar-refractivity contribution in [2.45, 2.75) is 13.0 Å². The van der Waals surface area contributed by atoms with Crippen LogP contribution >= 0.6 is 11.6 Å². The van der Waals surface area contributed by atoms with Gasteiger partial charge in [0.15, 0.2) is 11.5 Å². The maximum Gasteiger partial charge on any atom is 0.322 e. The molecule has 0 bridgehead atoms. The van der Waals surface area contributed by atoms with Gasteiger partial charge >= 0.3 is 6.03 Å². The maximum atomic E-state index is 13.1. The highest BCUT2D eigenvalue weighted by atomic mass is 35.5. The van der Waals surface area contributed by atoms with Crippen LogP contribution in [0.15, 0.2) is 48.5 Å². The Bertz CT molecular complexity index is 1250. The molecule has 1 saturated heterocycles. The number of urea groups is 1. The Morgan fingerprint density at radius 1 is 1.00 bits per heavy atom. The van der Waals surface area contributed by atoms with Crippen LogP contribution in [0.1, 0.15) is 11.3 Å². The number of likely N-dealkylation sites (N-methyl/N-ethyl adjacent to an activating group) is 1. The first kappa shape index (κ1) is 24.1. The monoisotopic (exact) mass is 508 g/mol. The van der Waals surface area contributed by atoms with E-state index in [0.29, 0.717) is 53.5 Å². The average Bonchev–Trinajstić information content (AvgIpc) is 2.89. The summed E-state index contributed by atoms with van der Waals surface area (Å²) in [5.41, 5.74) is 2.34. The van der Waals surface area contributed by atoms with Gasteiger partial charge in [-0.05, 0) is 37.4 Å². The molecule has 9 nitrogen and oxygen atoms in total. The van der Waals surface area contributed by atoms with E-state index in [0.717, 1.165) is 37.4 Å². The number of methoxy groups -OCH3 is 1. The lowest BCUT2D eigenvalue weighted by Crippen LogP contribution is -2.45. The number of halogens is 1. The van der Waals surface area contributed by atoms with Crippen molar-refractivity contribution in [3.05, 3.63) is 64.8 Å². The number of ether oxygens (including phenoxy) is 2. The van der Waals surface area contributed by atoms with Crippen molar-refractivity contribution >= 4 is 29.3 Å². The average molecular weight is 509 g/mol. The molecule has 0 unspecified atom stereocenters. The largest absolute Gasteiger partial charge is 0.493 e. The van der Waals surface area contributed by atoms with Crippen LogP contribution in [0.2, 0.25) is 5.02 Å². The number of anilines is 2. The van der Waals surface area contributed by atoms with Crippen LogP contribution in [0, 0.1) is 0 Å². The van der Waals surface area contributed by atoms with Gasteiger partial charge in [-0.2, -0.15) is 4.98 Å². The van der Waals surface area contributed by atoms with Crippen molar-refractivity contribution in [3.8, 4) is 17.4 Å². The lowest BCUT2D eigenvalue weighted by atomic mass is 10.1. The molecule has 0 saturated carbocycles. The van der Waals surface area contributed by atoms with E-state index in [2.05, 4.69) is 22.2 Å². The van der Waals surface area contributed by atoms with E-state index in [1.54, 1.807) is 30.2 Å². The Kier molecular flexibility index (Phi) is 7.11. The molecule has 5 rings (SSSR count). The van der Waals surface area contributed by atoms with Crippen LogP contribution in [0.25, 0.3) is 0 Å². The van der Waals surface area contributed by atoms with Crippen LogP contribution in [-0.4, -0.2) is 72.7 Å². The summed E-state index contributed by atoms with van der Waals surface area (Å²) in [5.74, 6) is 2.27. The van der Waals surface area contributed by atoms with Crippen LogP contribution in [0.4, 0.5) is 16.4 Å². The van der Waals surface area contributed by atoms with E-state index in [1.807, 2.05) is 30.3 Å². The molecule has 2 aliphatic rings. The number of aromatic nitrogens is 2. The fourth-order valence-corrected chi connectivity index (χ4v) is 4.54. The molecule has 3 aromatic rings. The van der Waals surface area contributed by atoms with Crippen LogP contribution in [0.5, 0.6) is 17.4 Å². The van der Waals surface area contributed by atoms with Crippen molar-refractivity contribution in [1.29, 1.82) is 0 Å². The van der Waals surface area contributed by atoms with Crippen molar-refractivity contribution in [3.63, 3.8) is 0 Å². The van der Waals surface area contributed by atoms with Crippen molar-refractivity contribution in [2.75, 3.05) is 57.1 Å². The predicted octanol–water partition coefficient (Wildman–Crippen LogP) is 4.27. The van der Waals surface area contributed by atoms with Gasteiger partial charge in [-0.1, -0.05) is 29.8 Å². The second kappa shape index (κ2) is 10.6. The van der Waals surface area contributed by atoms with E-state index in [9.17, 15) is 4.79 Å². The summed E-state index contributed by atoms with van der Waals surface area (Å²) in [5, 5.41) is 3.49. The molecule has 2 aliphatic heterocycles. The molecule has 0 atom stereocenters. The summed E-state index contributed by atoms with van der Waals surface area (Å²) in [6.07, 6.45) is 0.601. The number of piperazine rings is 1. The number of carbonyl (C=O) groups is 1. The Hall–Kier alpha value is -3.56. The summed E-state index contributed by atoms with van der Waals surface area (Å²) in [6.45, 7) is 4.44. The van der Waals surface area contributed by atoms with Gasteiger partial charge in [-0.3, -0.25) is 0 Å². The molecule has 3 heterocycles. The number of nitrogens with one attached hydrogen (secondary N) is 1. The molecule has 1 N–H and O–H groups in total. The first-order valence-electron chi connectivity index (χ1n) is 12.0. The molecule has 10 heteroatoms. The van der Waals surface area contributed by atoms with Gasteiger partial charge < -0.3 is 29.5 Å². The maximum absolute atomic E-state index is 13.1. The lowest BCUT2D eigenvalue weighted by molar-refractivity contribution is 0.204. The Morgan fingerprint density at radius 2 is 1.78 bits per heavy atom. The summed E-state index contributed by atoms with van der Waals surface area (Å²) < 4.78 is 11.8. The zero-order chi connectivity index (χ0) is 25.1. The van der Waals surface area contributed by atoms with Gasteiger partial charge in [0, 0.05) is 49.9 Å². The van der Waals surface area contributed by atoms with Crippen molar-refractivity contribution in [2.24, 2.45) is 0 Å². The zero-order valence-corrected chi connectivity index (χ0v) is 21.2. The Balaban J connectivity index is 1.44. The van der Waals surface area contributed by atoms with Gasteiger partial charge in [-0.15, -0.1) is 0 Å². The summed E-state index contributed by atoms with van der Waals surface area (Å²) in [4.78, 5) is 29.0. The number of hydrogen-bond donors (Lipinski definition) is 1. The standard InChI is InChI=1S/C26H29ClN6O3/c1-31-12-14-32(15-13-31)25-29-21-10-11-33(26(34)28-19-7-5-6-18(27)16-19)17-20(21)24(30-25)36-23-9-4-3-8-22(23)35-2/h3-9,16H,10-15,17H2,1-2H3,(H,28,34). The van der Waals surface area contributed by atoms with Gasteiger partial charge in [0.1, 0.15) is 0 Å². The molecule has 1 aromatic heterocycles. The van der Waals surface area contributed by atoms with E-state index >= 15 is 0 Å². The number of para-hydroxylation sites is 2. The molecule has 188 valence electrons. The van der Waals surface area contributed by atoms with E-state index in [-0.39, 0.29) is 6.03 Å². The molecule has 0 radical (unpaired) electrons. The molecule has 1 fully saturated rings. The fourth-order valence-electron chi connectivity index (χ4n) is 4.35. The number of nitrogens with zero attached hydrogens (tertiary/aromatic N) is 5. The summed E-state index contributed by atoms with van der Waals surface area (Å²) >= 11 is 6.08. The molecule has 2 aromatic carbocycles. The summed E-state index contributed by atoms with van der Waals surface area (Å²) in [6, 6.07) is 14.3. The molecular weight excluding hydrogens is 480 g/mol. The third-order valence-electron chi connectivity index (χ3n) is 6.44. The number of rotatable bonds is 5. The highest BCUT2D eigenvalue weighted by Gasteiger charge is 2.29. The zero-order valence-electron chi connectivity index (χ0n) is 20.4. The number of benzene rings is 2. The second-order valence-corrected chi connectivity index (χ2v) is 9.35. The summed E-state index contributed by atoms with van der Waals surface area (Å²) in [7, 11) is 3.72. The van der Waals surface area contributed by atoms with Crippen LogP contribution in [0.3, 0.4) is 0 Å². The number of amides is 2. The molecular formula is C26H29ClN6O3. The quantitative estimate of drug-likeness (QED) is 0.551. The molecule has 0 aliphatic carbocycles. The van der Waals surface area contributed by atoms with Crippen molar-refractivity contribution in [1.82, 2.24) is 19.8 Å². The van der Waals surface area contributed by atoms with E-state index in [1.165, 1.54) is 0 Å². The number of fused-ring (bicyclic) bond motifs is 1. The van der Waals surface area contributed by atoms with E-state index in [4.69, 9.17) is 31.0 Å². The minimum atomic E-state index is -0.214. The third-order valence-corrected chi connectivity index (χ3v) is 6.67. The topological polar surface area (TPSA) is 83.1 Å². The highest BCUT2D eigenvalue weighted by molar-refractivity contribution is 6.30. The molecule has 36 heavy (non-hydrogen) atoms. The van der Waals surface area contributed by atoms with Gasteiger partial charge in [0.2, 0.25) is 11.8 Å². The number of carbonyl (C=O) groups excluding carboxylic acids is 1. The molecule has 0 spiro atoms. The fraction of sp³-hybridized carbons (Fsp3) is 0.346. The first-order chi connectivity index (χ1) is 17.5. The lowest BCUT2D eigenvalue weighted by Gasteiger charge is -2.34. The van der Waals surface area contributed by atoms with Gasteiger partial charge in [0.25, 0.3) is 0 Å². The first-order valence-corrected chi connectivity index (χ1v) is 12.3. The third kappa shape index (κ3) is 5.32. The highest BCUT2D eigenvalue weighted by Crippen LogP contribution is 2.35. The minimum absolute atomic E-state index is 0.214. The smallest absolute Gasteiger partial charge is 0.322 e. The second-order valence-electron chi connectivity index (χ2n) is 8.91. The van der Waals surface area contributed by atoms with Crippen LogP contribution in [-0.2, 0) is 13.0 Å². The molecule has 2 amide bonds. The Morgan fingerprint density at radius 3 is 2.53 bits per heavy atom. The number of hydrogen-bond acceptors (Lipinski definition) is 7. The minimum Gasteiger partial charge on any atom is -0.493 e. The SMILES string of the molecule is COc1ccccc1Oc1nc(N2CCN(C)CC2)nc2c1CN(C(=O)Nc1cccc(Cl)c1)CC2. The van der Waals surface area contributed by atoms with Gasteiger partial charge in [0.05, 0.1) is 24.9 Å². The van der Waals surface area contributed by atoms with Crippen LogP contribution < -0.4 is 19.7 Å². The predicted molar refractivity (Wildman–Crippen MR) is 139 cm³/mol. The van der Waals surface area contributed by atoms with Crippen molar-refractivity contribution < 1.29 is 14.3 Å².